The molecule has 1 heterocycles. The van der Waals surface area contributed by atoms with E-state index in [-0.39, 0.29) is 34.6 Å². The number of phenols is 1. The molecule has 0 amide bonds. The van der Waals surface area contributed by atoms with Gasteiger partial charge in [-0.15, -0.1) is 0 Å². The van der Waals surface area contributed by atoms with Crippen molar-refractivity contribution in [3.05, 3.63) is 63.5 Å². The van der Waals surface area contributed by atoms with E-state index in [0.29, 0.717) is 0 Å². The van der Waals surface area contributed by atoms with Gasteiger partial charge in [0, 0.05) is 6.54 Å². The summed E-state index contributed by atoms with van der Waals surface area (Å²) in [5, 5.41) is 9.99. The van der Waals surface area contributed by atoms with Crippen molar-refractivity contribution in [2.24, 2.45) is 0 Å². The second-order valence-electron chi connectivity index (χ2n) is 6.86. The van der Waals surface area contributed by atoms with Gasteiger partial charge in [0.1, 0.15) is 17.1 Å². The van der Waals surface area contributed by atoms with Crippen LogP contribution in [0.2, 0.25) is 0 Å². The molecule has 0 spiro atoms. The SMILES string of the molecule is CCc1ccc(Oc2c(C(F)(F)F)oc3c(CN(C)C)c(O)ccc3c2=O)cc1. The number of hydrogen-bond acceptors (Lipinski definition) is 5. The summed E-state index contributed by atoms with van der Waals surface area (Å²) in [6, 6.07) is 8.89. The van der Waals surface area contributed by atoms with E-state index >= 15 is 0 Å². The first-order chi connectivity index (χ1) is 13.6. The molecule has 0 atom stereocenters. The Morgan fingerprint density at radius 3 is 2.31 bits per heavy atom. The van der Waals surface area contributed by atoms with E-state index in [9.17, 15) is 23.1 Å². The summed E-state index contributed by atoms with van der Waals surface area (Å²) in [5.74, 6) is -2.64. The number of aromatic hydroxyl groups is 1. The Bertz CT molecular complexity index is 1090. The monoisotopic (exact) mass is 407 g/mol. The fourth-order valence-electron chi connectivity index (χ4n) is 2.95. The minimum atomic E-state index is -4.97. The molecule has 0 fully saturated rings. The Balaban J connectivity index is 2.24. The molecule has 154 valence electrons. The predicted octanol–water partition coefficient (Wildman–Crippen LogP) is 4.93. The van der Waals surface area contributed by atoms with Crippen LogP contribution in [0, 0.1) is 0 Å². The van der Waals surface area contributed by atoms with Gasteiger partial charge in [-0.3, -0.25) is 4.79 Å². The standard InChI is InChI=1S/C21H20F3NO4/c1-4-12-5-7-13(8-6-12)28-19-17(27)14-9-10-16(26)15(11-25(2)3)18(14)29-20(19)21(22,23)24/h5-10,26H,4,11H2,1-3H3. The Morgan fingerprint density at radius 1 is 1.10 bits per heavy atom. The highest BCUT2D eigenvalue weighted by Crippen LogP contribution is 2.40. The minimum Gasteiger partial charge on any atom is -0.507 e. The first kappa shape index (κ1) is 20.7. The molecular formula is C21H20F3NO4. The maximum absolute atomic E-state index is 13.7. The van der Waals surface area contributed by atoms with E-state index in [1.807, 2.05) is 6.92 Å². The summed E-state index contributed by atoms with van der Waals surface area (Å²) in [4.78, 5) is 14.5. The van der Waals surface area contributed by atoms with Gasteiger partial charge in [-0.05, 0) is 50.3 Å². The van der Waals surface area contributed by atoms with Crippen LogP contribution in [0.1, 0.15) is 23.8 Å². The summed E-state index contributed by atoms with van der Waals surface area (Å²) in [7, 11) is 3.36. The third kappa shape index (κ3) is 4.22. The van der Waals surface area contributed by atoms with Gasteiger partial charge >= 0.3 is 6.18 Å². The summed E-state index contributed by atoms with van der Waals surface area (Å²) < 4.78 is 51.5. The zero-order valence-electron chi connectivity index (χ0n) is 16.1. The zero-order chi connectivity index (χ0) is 21.3. The molecule has 1 aromatic heterocycles. The van der Waals surface area contributed by atoms with Gasteiger partial charge in [-0.1, -0.05) is 19.1 Å². The summed E-state index contributed by atoms with van der Waals surface area (Å²) >= 11 is 0. The lowest BCUT2D eigenvalue weighted by Crippen LogP contribution is -2.17. The summed E-state index contributed by atoms with van der Waals surface area (Å²) in [5.41, 5.74) is -0.209. The molecule has 0 radical (unpaired) electrons. The quantitative estimate of drug-likeness (QED) is 0.650. The summed E-state index contributed by atoms with van der Waals surface area (Å²) in [6.45, 7) is 2.03. The van der Waals surface area contributed by atoms with Crippen molar-refractivity contribution in [1.29, 1.82) is 0 Å². The average molecular weight is 407 g/mol. The lowest BCUT2D eigenvalue weighted by Gasteiger charge is -2.17. The molecule has 0 aliphatic carbocycles. The highest BCUT2D eigenvalue weighted by atomic mass is 19.4. The van der Waals surface area contributed by atoms with Crippen molar-refractivity contribution in [3.8, 4) is 17.2 Å². The lowest BCUT2D eigenvalue weighted by molar-refractivity contribution is -0.154. The number of nitrogens with zero attached hydrogens (tertiary/aromatic N) is 1. The van der Waals surface area contributed by atoms with Gasteiger partial charge in [0.25, 0.3) is 5.76 Å². The van der Waals surface area contributed by atoms with Crippen molar-refractivity contribution in [2.45, 2.75) is 26.1 Å². The number of alkyl halides is 3. The number of rotatable bonds is 5. The van der Waals surface area contributed by atoms with Crippen molar-refractivity contribution in [1.82, 2.24) is 4.90 Å². The van der Waals surface area contributed by atoms with Crippen LogP contribution in [-0.2, 0) is 19.1 Å². The number of fused-ring (bicyclic) bond motifs is 1. The zero-order valence-corrected chi connectivity index (χ0v) is 16.1. The molecule has 0 saturated carbocycles. The normalized spacial score (nSPS) is 12.0. The molecule has 0 saturated heterocycles. The first-order valence-electron chi connectivity index (χ1n) is 8.92. The number of halogens is 3. The maximum atomic E-state index is 13.7. The van der Waals surface area contributed by atoms with E-state index in [1.165, 1.54) is 24.3 Å². The highest BCUT2D eigenvalue weighted by Gasteiger charge is 2.41. The van der Waals surface area contributed by atoms with E-state index in [0.717, 1.165) is 12.0 Å². The molecule has 1 N–H and O–H groups in total. The lowest BCUT2D eigenvalue weighted by atomic mass is 10.1. The number of benzene rings is 2. The van der Waals surface area contributed by atoms with Gasteiger partial charge in [0.2, 0.25) is 11.2 Å². The average Bonchev–Trinajstić information content (AvgIpc) is 2.65. The van der Waals surface area contributed by atoms with Crippen molar-refractivity contribution >= 4 is 11.0 Å². The van der Waals surface area contributed by atoms with Crippen LogP contribution in [0.15, 0.2) is 45.6 Å². The molecule has 8 heteroatoms. The molecule has 0 bridgehead atoms. The van der Waals surface area contributed by atoms with Gasteiger partial charge in [0.05, 0.1) is 10.9 Å². The van der Waals surface area contributed by atoms with Crippen LogP contribution in [0.3, 0.4) is 0 Å². The minimum absolute atomic E-state index is 0.0854. The Hall–Kier alpha value is -3.00. The predicted molar refractivity (Wildman–Crippen MR) is 102 cm³/mol. The Morgan fingerprint density at radius 2 is 1.76 bits per heavy atom. The number of hydrogen-bond donors (Lipinski definition) is 1. The molecule has 0 aliphatic rings. The Labute approximate surface area is 164 Å². The van der Waals surface area contributed by atoms with Gasteiger partial charge in [0.15, 0.2) is 0 Å². The molecule has 5 nitrogen and oxygen atoms in total. The molecular weight excluding hydrogens is 387 g/mol. The highest BCUT2D eigenvalue weighted by molar-refractivity contribution is 5.83. The number of aryl methyl sites for hydroxylation is 1. The third-order valence-corrected chi connectivity index (χ3v) is 4.38. The van der Waals surface area contributed by atoms with Crippen molar-refractivity contribution < 1.29 is 27.4 Å². The smallest absolute Gasteiger partial charge is 0.453 e. The molecule has 29 heavy (non-hydrogen) atoms. The van der Waals surface area contributed by atoms with E-state index in [2.05, 4.69) is 0 Å². The van der Waals surface area contributed by atoms with Crippen molar-refractivity contribution in [3.63, 3.8) is 0 Å². The molecule has 2 aromatic carbocycles. The second-order valence-corrected chi connectivity index (χ2v) is 6.86. The van der Waals surface area contributed by atoms with Gasteiger partial charge in [-0.25, -0.2) is 0 Å². The maximum Gasteiger partial charge on any atom is 0.453 e. The number of phenolic OH excluding ortho intramolecular Hbond substituents is 1. The molecule has 0 aliphatic heterocycles. The van der Waals surface area contributed by atoms with Gasteiger partial charge in [-0.2, -0.15) is 13.2 Å². The molecule has 3 aromatic rings. The topological polar surface area (TPSA) is 62.9 Å². The third-order valence-electron chi connectivity index (χ3n) is 4.38. The van der Waals surface area contributed by atoms with E-state index in [4.69, 9.17) is 9.15 Å². The second kappa shape index (κ2) is 7.79. The van der Waals surface area contributed by atoms with Crippen molar-refractivity contribution in [2.75, 3.05) is 14.1 Å². The largest absolute Gasteiger partial charge is 0.507 e. The fourth-order valence-corrected chi connectivity index (χ4v) is 2.95. The van der Waals surface area contributed by atoms with Crippen LogP contribution in [0.25, 0.3) is 11.0 Å². The first-order valence-corrected chi connectivity index (χ1v) is 8.92. The van der Waals surface area contributed by atoms with E-state index in [1.54, 1.807) is 31.1 Å². The molecule has 0 unspecified atom stereocenters. The van der Waals surface area contributed by atoms with Gasteiger partial charge < -0.3 is 19.2 Å². The molecule has 3 rings (SSSR count). The Kier molecular flexibility index (Phi) is 5.57. The van der Waals surface area contributed by atoms with Crippen LogP contribution < -0.4 is 10.2 Å². The van der Waals surface area contributed by atoms with Crippen LogP contribution >= 0.6 is 0 Å². The van der Waals surface area contributed by atoms with Crippen LogP contribution in [0.5, 0.6) is 17.2 Å². The van der Waals surface area contributed by atoms with E-state index < -0.39 is 23.1 Å². The summed E-state index contributed by atoms with van der Waals surface area (Å²) in [6.07, 6.45) is -4.21. The van der Waals surface area contributed by atoms with Crippen LogP contribution in [-0.4, -0.2) is 24.1 Å². The van der Waals surface area contributed by atoms with Crippen LogP contribution in [0.4, 0.5) is 13.2 Å². The fraction of sp³-hybridized carbons (Fsp3) is 0.286. The number of ether oxygens (including phenoxy) is 1.